The summed E-state index contributed by atoms with van der Waals surface area (Å²) in [6.45, 7) is 8.93. The zero-order valence-electron chi connectivity index (χ0n) is 14.2. The van der Waals surface area contributed by atoms with Crippen LogP contribution in [0.25, 0.3) is 0 Å². The van der Waals surface area contributed by atoms with Crippen molar-refractivity contribution in [3.63, 3.8) is 0 Å². The molecule has 1 aliphatic heterocycles. The molecule has 1 aromatic rings. The molecule has 2 nitrogen and oxygen atoms in total. The van der Waals surface area contributed by atoms with Crippen LogP contribution in [0.2, 0.25) is 0 Å². The van der Waals surface area contributed by atoms with Gasteiger partial charge in [0, 0.05) is 37.1 Å². The summed E-state index contributed by atoms with van der Waals surface area (Å²) in [4.78, 5) is 2.15. The zero-order chi connectivity index (χ0) is 15.6. The normalized spacial score (nSPS) is 16.3. The summed E-state index contributed by atoms with van der Waals surface area (Å²) >= 11 is 0. The molecule has 0 bridgehead atoms. The van der Waals surface area contributed by atoms with Gasteiger partial charge < -0.3 is 10.2 Å². The third-order valence-electron chi connectivity index (χ3n) is 4.54. The van der Waals surface area contributed by atoms with Crippen molar-refractivity contribution >= 4 is 5.69 Å². The molecule has 0 saturated heterocycles. The van der Waals surface area contributed by atoms with E-state index in [9.17, 15) is 0 Å². The van der Waals surface area contributed by atoms with Gasteiger partial charge in [0.05, 0.1) is 0 Å². The first-order valence-corrected chi connectivity index (χ1v) is 7.93. The van der Waals surface area contributed by atoms with E-state index in [2.05, 4.69) is 76.3 Å². The minimum Gasteiger partial charge on any atom is -0.378 e. The zero-order valence-corrected chi connectivity index (χ0v) is 14.2. The summed E-state index contributed by atoms with van der Waals surface area (Å²) in [6, 6.07) is 9.03. The van der Waals surface area contributed by atoms with Crippen molar-refractivity contribution < 1.29 is 0 Å². The monoisotopic (exact) mass is 284 g/mol. The van der Waals surface area contributed by atoms with Crippen molar-refractivity contribution in [1.29, 1.82) is 0 Å². The number of benzene rings is 1. The average Bonchev–Trinajstić information content (AvgIpc) is 2.46. The van der Waals surface area contributed by atoms with Gasteiger partial charge in [-0.3, -0.25) is 0 Å². The maximum absolute atomic E-state index is 3.56. The van der Waals surface area contributed by atoms with Crippen molar-refractivity contribution in [2.75, 3.05) is 19.0 Å². The highest BCUT2D eigenvalue weighted by Crippen LogP contribution is 2.40. The van der Waals surface area contributed by atoms with Gasteiger partial charge in [-0.15, -0.1) is 0 Å². The smallest absolute Gasteiger partial charge is 0.0361 e. The summed E-state index contributed by atoms with van der Waals surface area (Å²) in [6.07, 6.45) is 2.19. The first-order valence-electron chi connectivity index (χ1n) is 7.93. The van der Waals surface area contributed by atoms with Gasteiger partial charge in [0.1, 0.15) is 0 Å². The fraction of sp³-hybridized carbons (Fsp3) is 0.474. The van der Waals surface area contributed by atoms with E-state index in [1.807, 2.05) is 0 Å². The van der Waals surface area contributed by atoms with Gasteiger partial charge in [-0.2, -0.15) is 0 Å². The number of hydrogen-bond donors (Lipinski definition) is 1. The van der Waals surface area contributed by atoms with Crippen LogP contribution in [0.15, 0.2) is 46.8 Å². The van der Waals surface area contributed by atoms with Crippen LogP contribution in [-0.2, 0) is 0 Å². The SMILES string of the molecule is CCC1=C(C)NC(C)=C(CC)C1c1ccc(N(C)C)cc1. The van der Waals surface area contributed by atoms with Gasteiger partial charge in [0.15, 0.2) is 0 Å². The van der Waals surface area contributed by atoms with Crippen molar-refractivity contribution in [3.8, 4) is 0 Å². The first-order chi connectivity index (χ1) is 9.99. The third kappa shape index (κ3) is 2.99. The number of rotatable bonds is 4. The van der Waals surface area contributed by atoms with Crippen LogP contribution in [0.3, 0.4) is 0 Å². The van der Waals surface area contributed by atoms with E-state index >= 15 is 0 Å². The second-order valence-electron chi connectivity index (χ2n) is 6.05. The van der Waals surface area contributed by atoms with E-state index in [0.29, 0.717) is 5.92 Å². The van der Waals surface area contributed by atoms with Crippen LogP contribution < -0.4 is 10.2 Å². The fourth-order valence-electron chi connectivity index (χ4n) is 3.39. The molecule has 1 N–H and O–H groups in total. The highest BCUT2D eigenvalue weighted by Gasteiger charge is 2.26. The summed E-state index contributed by atoms with van der Waals surface area (Å²) in [5.41, 5.74) is 8.37. The van der Waals surface area contributed by atoms with Gasteiger partial charge in [-0.05, 0) is 55.5 Å². The molecule has 1 heterocycles. The van der Waals surface area contributed by atoms with Crippen LogP contribution in [0, 0.1) is 0 Å². The maximum atomic E-state index is 3.56. The van der Waals surface area contributed by atoms with E-state index in [1.165, 1.54) is 33.8 Å². The Bertz CT molecular complexity index is 536. The largest absolute Gasteiger partial charge is 0.378 e. The van der Waals surface area contributed by atoms with Crippen LogP contribution in [0.5, 0.6) is 0 Å². The minimum atomic E-state index is 0.442. The number of nitrogens with one attached hydrogen (secondary N) is 1. The summed E-state index contributed by atoms with van der Waals surface area (Å²) in [5.74, 6) is 0.442. The summed E-state index contributed by atoms with van der Waals surface area (Å²) < 4.78 is 0. The first kappa shape index (κ1) is 15.7. The van der Waals surface area contributed by atoms with E-state index < -0.39 is 0 Å². The number of hydrogen-bond acceptors (Lipinski definition) is 2. The Balaban J connectivity index is 2.48. The molecule has 0 aliphatic carbocycles. The van der Waals surface area contributed by atoms with Crippen molar-refractivity contribution in [1.82, 2.24) is 5.32 Å². The molecule has 0 unspecified atom stereocenters. The Kier molecular flexibility index (Phi) is 4.76. The molecule has 0 spiro atoms. The summed E-state index contributed by atoms with van der Waals surface area (Å²) in [7, 11) is 4.17. The quantitative estimate of drug-likeness (QED) is 0.853. The van der Waals surface area contributed by atoms with Gasteiger partial charge in [0.25, 0.3) is 0 Å². The molecule has 0 aromatic heterocycles. The molecular weight excluding hydrogens is 256 g/mol. The lowest BCUT2D eigenvalue weighted by Crippen LogP contribution is -2.24. The van der Waals surface area contributed by atoms with Crippen molar-refractivity contribution in [2.24, 2.45) is 0 Å². The Morgan fingerprint density at radius 2 is 1.38 bits per heavy atom. The molecule has 0 saturated carbocycles. The third-order valence-corrected chi connectivity index (χ3v) is 4.54. The van der Waals surface area contributed by atoms with Crippen LogP contribution in [0.1, 0.15) is 52.0 Å². The molecule has 0 amide bonds. The maximum Gasteiger partial charge on any atom is 0.0361 e. The van der Waals surface area contributed by atoms with Crippen molar-refractivity contribution in [2.45, 2.75) is 46.5 Å². The summed E-state index contributed by atoms with van der Waals surface area (Å²) in [5, 5.41) is 3.56. The number of allylic oxidation sites excluding steroid dienone is 4. The Labute approximate surface area is 129 Å². The molecule has 21 heavy (non-hydrogen) atoms. The van der Waals surface area contributed by atoms with Crippen molar-refractivity contribution in [3.05, 3.63) is 52.4 Å². The predicted octanol–water partition coefficient (Wildman–Crippen LogP) is 4.81. The highest BCUT2D eigenvalue weighted by molar-refractivity contribution is 5.51. The fourth-order valence-corrected chi connectivity index (χ4v) is 3.39. The van der Waals surface area contributed by atoms with Crippen LogP contribution >= 0.6 is 0 Å². The molecule has 1 aromatic carbocycles. The molecule has 114 valence electrons. The average molecular weight is 284 g/mol. The lowest BCUT2D eigenvalue weighted by Gasteiger charge is -2.32. The number of anilines is 1. The molecule has 0 atom stereocenters. The van der Waals surface area contributed by atoms with Crippen LogP contribution in [0.4, 0.5) is 5.69 Å². The Morgan fingerprint density at radius 3 is 1.76 bits per heavy atom. The molecule has 2 heteroatoms. The standard InChI is InChI=1S/C19H28N2/c1-7-17-13(3)20-14(4)18(8-2)19(17)15-9-11-16(12-10-15)21(5)6/h9-12,19-20H,7-8H2,1-6H3. The minimum absolute atomic E-state index is 0.442. The molecule has 2 rings (SSSR count). The molecular formula is C19H28N2. The second-order valence-corrected chi connectivity index (χ2v) is 6.05. The van der Waals surface area contributed by atoms with E-state index in [0.717, 1.165) is 12.8 Å². The Morgan fingerprint density at radius 1 is 0.905 bits per heavy atom. The number of nitrogens with zero attached hydrogens (tertiary/aromatic N) is 1. The Hall–Kier alpha value is -1.70. The van der Waals surface area contributed by atoms with Gasteiger partial charge in [0.2, 0.25) is 0 Å². The topological polar surface area (TPSA) is 15.3 Å². The number of dihydropyridines is 1. The van der Waals surface area contributed by atoms with Crippen LogP contribution in [-0.4, -0.2) is 14.1 Å². The van der Waals surface area contributed by atoms with E-state index in [4.69, 9.17) is 0 Å². The van der Waals surface area contributed by atoms with E-state index in [1.54, 1.807) is 0 Å². The van der Waals surface area contributed by atoms with E-state index in [-0.39, 0.29) is 0 Å². The lowest BCUT2D eigenvalue weighted by molar-refractivity contribution is 0.715. The molecule has 1 aliphatic rings. The van der Waals surface area contributed by atoms with Gasteiger partial charge in [-0.25, -0.2) is 0 Å². The lowest BCUT2D eigenvalue weighted by atomic mass is 9.78. The highest BCUT2D eigenvalue weighted by atomic mass is 15.1. The van der Waals surface area contributed by atoms with Gasteiger partial charge in [-0.1, -0.05) is 26.0 Å². The molecule has 0 radical (unpaired) electrons. The molecule has 0 fully saturated rings. The predicted molar refractivity (Wildman–Crippen MR) is 92.6 cm³/mol. The van der Waals surface area contributed by atoms with Gasteiger partial charge >= 0.3 is 0 Å². The second kappa shape index (κ2) is 6.38.